The van der Waals surface area contributed by atoms with E-state index in [0.29, 0.717) is 11.3 Å². The third-order valence-electron chi connectivity index (χ3n) is 9.07. The second kappa shape index (κ2) is 13.9. The molecule has 2 fully saturated rings. The Balaban J connectivity index is 1.50. The number of likely N-dealkylation sites (tertiary alicyclic amines) is 1. The molecule has 0 radical (unpaired) electrons. The van der Waals surface area contributed by atoms with Crippen LogP contribution in [-0.4, -0.2) is 78.8 Å². The average Bonchev–Trinajstić information content (AvgIpc) is 3.72. The number of benzene rings is 2. The summed E-state index contributed by atoms with van der Waals surface area (Å²) in [4.78, 5) is 71.2. The number of carbonyl (C=O) groups excluding carboxylic acids is 5. The Morgan fingerprint density at radius 2 is 1.77 bits per heavy atom. The molecule has 2 heterocycles. The molecule has 5 rings (SSSR count). The van der Waals surface area contributed by atoms with E-state index in [2.05, 4.69) is 20.6 Å². The molecule has 13 heteroatoms. The normalized spacial score (nSPS) is 19.8. The molecular formula is C34H41N7O6. The topological polar surface area (TPSA) is 190 Å². The van der Waals surface area contributed by atoms with Gasteiger partial charge in [-0.25, -0.2) is 9.67 Å². The van der Waals surface area contributed by atoms with Gasteiger partial charge in [-0.3, -0.25) is 24.0 Å². The van der Waals surface area contributed by atoms with Crippen molar-refractivity contribution in [3.05, 3.63) is 59.9 Å². The zero-order chi connectivity index (χ0) is 33.9. The predicted octanol–water partition coefficient (Wildman–Crippen LogP) is 2.61. The number of primary amides is 1. The minimum absolute atomic E-state index is 0.00460. The van der Waals surface area contributed by atoms with Crippen LogP contribution in [0.2, 0.25) is 0 Å². The fourth-order valence-corrected chi connectivity index (χ4v) is 6.52. The quantitative estimate of drug-likeness (QED) is 0.222. The second-order valence-electron chi connectivity index (χ2n) is 13.1. The lowest BCUT2D eigenvalue weighted by Gasteiger charge is -2.27. The first-order valence-corrected chi connectivity index (χ1v) is 16.0. The Bertz CT molecular complexity index is 1720. The molecule has 1 aliphatic heterocycles. The van der Waals surface area contributed by atoms with Crippen molar-refractivity contribution >= 4 is 45.9 Å². The molecule has 1 saturated carbocycles. The van der Waals surface area contributed by atoms with Gasteiger partial charge >= 0.3 is 0 Å². The lowest BCUT2D eigenvalue weighted by molar-refractivity contribution is -0.139. The molecule has 248 valence electrons. The fourth-order valence-electron chi connectivity index (χ4n) is 6.52. The van der Waals surface area contributed by atoms with Crippen molar-refractivity contribution in [1.29, 1.82) is 0 Å². The highest BCUT2D eigenvalue weighted by atomic mass is 16.3. The highest BCUT2D eigenvalue weighted by Gasteiger charge is 2.44. The van der Waals surface area contributed by atoms with Crippen molar-refractivity contribution < 1.29 is 29.1 Å². The van der Waals surface area contributed by atoms with Crippen LogP contribution in [0.15, 0.2) is 53.7 Å². The molecule has 1 aliphatic carbocycles. The summed E-state index contributed by atoms with van der Waals surface area (Å²) in [7, 11) is 0. The van der Waals surface area contributed by atoms with Crippen molar-refractivity contribution in [2.45, 2.75) is 89.4 Å². The Labute approximate surface area is 272 Å². The summed E-state index contributed by atoms with van der Waals surface area (Å²) in [6.45, 7) is 4.49. The Kier molecular flexibility index (Phi) is 9.94. The maximum Gasteiger partial charge on any atom is 0.287 e. The van der Waals surface area contributed by atoms with Gasteiger partial charge in [0.05, 0.1) is 24.0 Å². The molecule has 0 spiro atoms. The minimum Gasteiger partial charge on any atom is -0.384 e. The van der Waals surface area contributed by atoms with E-state index >= 15 is 0 Å². The minimum atomic E-state index is -1.32. The van der Waals surface area contributed by atoms with Crippen LogP contribution in [0.4, 0.5) is 0 Å². The van der Waals surface area contributed by atoms with Gasteiger partial charge in [0.1, 0.15) is 17.4 Å². The highest BCUT2D eigenvalue weighted by molar-refractivity contribution is 6.41. The summed E-state index contributed by atoms with van der Waals surface area (Å²) in [5.74, 6) is -3.84. The van der Waals surface area contributed by atoms with Crippen molar-refractivity contribution in [2.24, 2.45) is 16.6 Å². The number of Topliss-reactive ketones (excluding diaryl/α,β-unsaturated/α-hetero) is 1. The number of nitrogens with zero attached hydrogens (tertiary/aromatic N) is 5. The third kappa shape index (κ3) is 7.62. The van der Waals surface area contributed by atoms with Crippen molar-refractivity contribution in [3.8, 4) is 0 Å². The predicted molar refractivity (Wildman–Crippen MR) is 173 cm³/mol. The monoisotopic (exact) mass is 643 g/mol. The number of nitrogens with two attached hydrogens (primary N) is 1. The first kappa shape index (κ1) is 33.6. The van der Waals surface area contributed by atoms with E-state index in [1.807, 2.05) is 30.3 Å². The van der Waals surface area contributed by atoms with Crippen molar-refractivity contribution in [1.82, 2.24) is 25.2 Å². The van der Waals surface area contributed by atoms with Crippen LogP contribution in [0, 0.1) is 5.92 Å². The first-order chi connectivity index (χ1) is 22.3. The van der Waals surface area contributed by atoms with Crippen LogP contribution >= 0.6 is 0 Å². The van der Waals surface area contributed by atoms with E-state index in [1.54, 1.807) is 26.0 Å². The van der Waals surface area contributed by atoms with Gasteiger partial charge in [0, 0.05) is 18.5 Å². The average molecular weight is 644 g/mol. The maximum absolute atomic E-state index is 14.5. The first-order valence-electron chi connectivity index (χ1n) is 16.0. The van der Waals surface area contributed by atoms with Crippen molar-refractivity contribution in [2.75, 3.05) is 6.54 Å². The number of aromatic nitrogens is 3. The van der Waals surface area contributed by atoms with E-state index in [9.17, 15) is 29.1 Å². The zero-order valence-electron chi connectivity index (χ0n) is 26.9. The molecule has 1 aromatic heterocycles. The van der Waals surface area contributed by atoms with Gasteiger partial charge < -0.3 is 21.1 Å². The summed E-state index contributed by atoms with van der Waals surface area (Å²) in [5, 5.41) is 23.2. The molecule has 4 amide bonds. The number of hydrogen-bond acceptors (Lipinski definition) is 8. The highest BCUT2D eigenvalue weighted by Crippen LogP contribution is 2.33. The van der Waals surface area contributed by atoms with Crippen LogP contribution in [0.25, 0.3) is 10.8 Å². The largest absolute Gasteiger partial charge is 0.384 e. The molecular weight excluding hydrogens is 602 g/mol. The summed E-state index contributed by atoms with van der Waals surface area (Å²) >= 11 is 0. The Hall–Kier alpha value is -4.78. The number of ketones is 1. The molecule has 47 heavy (non-hydrogen) atoms. The standard InChI is InChI=1S/C34H41N7O6/c1-20(29(42)30(35)43)37-32(45)27-17-25(41-28(18-36-39-41)34(2,3)47)19-40(27)33(46)26(15-21-9-5-4-6-10-21)38-31(44)24-14-13-22-11-7-8-12-23(22)16-24/h7-8,11-14,16,18,20-21,25,27,47H,4-6,9-10,15,17,19H2,1-3H3,(H2,35,43)(H,37,45)/t20?,25-,27-/m0/s1. The number of aliphatic hydroxyl groups is 1. The van der Waals surface area contributed by atoms with Gasteiger partial charge in [0.25, 0.3) is 17.7 Å². The third-order valence-corrected chi connectivity index (χ3v) is 9.07. The number of nitrogens with one attached hydrogen (secondary N) is 1. The molecule has 2 aromatic carbocycles. The fraction of sp³-hybridized carbons (Fsp3) is 0.471. The van der Waals surface area contributed by atoms with E-state index < -0.39 is 53.1 Å². The summed E-state index contributed by atoms with van der Waals surface area (Å²) in [6, 6.07) is 9.97. The Morgan fingerprint density at radius 1 is 1.06 bits per heavy atom. The lowest BCUT2D eigenvalue weighted by atomic mass is 9.85. The number of rotatable bonds is 10. The second-order valence-corrected chi connectivity index (χ2v) is 13.1. The molecule has 4 N–H and O–H groups in total. The van der Waals surface area contributed by atoms with E-state index in [4.69, 9.17) is 5.73 Å². The number of amides is 4. The van der Waals surface area contributed by atoms with Crippen LogP contribution < -0.4 is 11.1 Å². The summed E-state index contributed by atoms with van der Waals surface area (Å²) in [5.41, 5.74) is 4.60. The zero-order valence-corrected chi connectivity index (χ0v) is 26.9. The SMILES string of the molecule is CC(NC(=O)[C@@H]1C[C@H](n2nncc2C(C)(C)O)CN1C(=O)C(CC1CCCCC1)=NC(=O)c1ccc2ccccc2c1)C(=O)C(N)=O. The van der Waals surface area contributed by atoms with Gasteiger partial charge in [0.2, 0.25) is 11.7 Å². The molecule has 1 saturated heterocycles. The molecule has 3 aromatic rings. The van der Waals surface area contributed by atoms with E-state index in [0.717, 1.165) is 42.9 Å². The molecule has 2 aliphatic rings. The van der Waals surface area contributed by atoms with Crippen LogP contribution in [0.5, 0.6) is 0 Å². The lowest BCUT2D eigenvalue weighted by Crippen LogP contribution is -2.52. The summed E-state index contributed by atoms with van der Waals surface area (Å²) in [6.07, 6.45) is 6.67. The number of aliphatic imine (C=N–C) groups is 1. The molecule has 0 bridgehead atoms. The van der Waals surface area contributed by atoms with E-state index in [-0.39, 0.29) is 31.0 Å². The maximum atomic E-state index is 14.5. The molecule has 3 atom stereocenters. The summed E-state index contributed by atoms with van der Waals surface area (Å²) < 4.78 is 1.49. The Morgan fingerprint density at radius 3 is 2.45 bits per heavy atom. The number of fused-ring (bicyclic) bond motifs is 1. The number of hydrogen-bond donors (Lipinski definition) is 3. The van der Waals surface area contributed by atoms with Crippen LogP contribution in [0.3, 0.4) is 0 Å². The molecule has 13 nitrogen and oxygen atoms in total. The van der Waals surface area contributed by atoms with Crippen LogP contribution in [-0.2, 0) is 24.8 Å². The van der Waals surface area contributed by atoms with Gasteiger partial charge in [-0.15, -0.1) is 5.10 Å². The van der Waals surface area contributed by atoms with Gasteiger partial charge in [0.15, 0.2) is 0 Å². The van der Waals surface area contributed by atoms with E-state index in [1.165, 1.54) is 22.7 Å². The van der Waals surface area contributed by atoms with Crippen LogP contribution in [0.1, 0.15) is 87.8 Å². The van der Waals surface area contributed by atoms with Crippen molar-refractivity contribution in [3.63, 3.8) is 0 Å². The smallest absolute Gasteiger partial charge is 0.287 e. The van der Waals surface area contributed by atoms with Gasteiger partial charge in [-0.2, -0.15) is 0 Å². The molecule has 1 unspecified atom stereocenters. The number of carbonyl (C=O) groups is 5. The van der Waals surface area contributed by atoms with Gasteiger partial charge in [-0.05, 0) is 56.0 Å². The van der Waals surface area contributed by atoms with Gasteiger partial charge in [-0.1, -0.05) is 67.6 Å².